The molecule has 0 saturated heterocycles. The number of hydrogen-bond acceptors (Lipinski definition) is 5. The highest BCUT2D eigenvalue weighted by atomic mass is 35.5. The zero-order chi connectivity index (χ0) is 14.5. The van der Waals surface area contributed by atoms with Crippen LogP contribution >= 0.6 is 11.6 Å². The SMILES string of the molecule is COc1ccc(Cl)cc1NC(=O)CS(=O)(=O)CC#N. The minimum Gasteiger partial charge on any atom is -0.495 e. The molecule has 0 aliphatic heterocycles. The van der Waals surface area contributed by atoms with Crippen LogP contribution in [0.4, 0.5) is 5.69 Å². The van der Waals surface area contributed by atoms with E-state index in [1.807, 2.05) is 0 Å². The van der Waals surface area contributed by atoms with Gasteiger partial charge in [-0.3, -0.25) is 4.79 Å². The van der Waals surface area contributed by atoms with Crippen molar-refractivity contribution in [1.29, 1.82) is 5.26 Å². The summed E-state index contributed by atoms with van der Waals surface area (Å²) in [7, 11) is -2.32. The van der Waals surface area contributed by atoms with Gasteiger partial charge in [-0.2, -0.15) is 5.26 Å². The van der Waals surface area contributed by atoms with Crippen molar-refractivity contribution in [3.05, 3.63) is 23.2 Å². The Labute approximate surface area is 115 Å². The Bertz CT molecular complexity index is 622. The molecular weight excluding hydrogens is 292 g/mol. The van der Waals surface area contributed by atoms with E-state index in [0.29, 0.717) is 10.8 Å². The van der Waals surface area contributed by atoms with Crippen LogP contribution < -0.4 is 10.1 Å². The Morgan fingerprint density at radius 2 is 2.21 bits per heavy atom. The van der Waals surface area contributed by atoms with Crippen molar-refractivity contribution in [3.63, 3.8) is 0 Å². The van der Waals surface area contributed by atoms with Gasteiger partial charge in [-0.05, 0) is 18.2 Å². The molecule has 1 amide bonds. The average molecular weight is 303 g/mol. The molecule has 0 unspecified atom stereocenters. The number of carbonyl (C=O) groups is 1. The summed E-state index contributed by atoms with van der Waals surface area (Å²) in [6.07, 6.45) is 0. The third-order valence-corrected chi connectivity index (χ3v) is 3.58. The number of anilines is 1. The van der Waals surface area contributed by atoms with Gasteiger partial charge in [0.25, 0.3) is 0 Å². The Kier molecular flexibility index (Phi) is 5.15. The number of nitrogens with zero attached hydrogens (tertiary/aromatic N) is 1. The van der Waals surface area contributed by atoms with E-state index < -0.39 is 27.3 Å². The molecule has 8 heteroatoms. The lowest BCUT2D eigenvalue weighted by Gasteiger charge is -2.10. The van der Waals surface area contributed by atoms with E-state index in [1.54, 1.807) is 12.1 Å². The van der Waals surface area contributed by atoms with Crippen molar-refractivity contribution >= 4 is 33.0 Å². The average Bonchev–Trinajstić information content (AvgIpc) is 2.28. The van der Waals surface area contributed by atoms with Crippen molar-refractivity contribution in [2.45, 2.75) is 0 Å². The third-order valence-electron chi connectivity index (χ3n) is 2.07. The van der Waals surface area contributed by atoms with E-state index in [2.05, 4.69) is 5.32 Å². The highest BCUT2D eigenvalue weighted by molar-refractivity contribution is 7.92. The first-order valence-corrected chi connectivity index (χ1v) is 7.28. The van der Waals surface area contributed by atoms with Crippen LogP contribution in [0.1, 0.15) is 0 Å². The second-order valence-electron chi connectivity index (χ2n) is 3.58. The number of sulfone groups is 1. The quantitative estimate of drug-likeness (QED) is 0.882. The van der Waals surface area contributed by atoms with Gasteiger partial charge in [0, 0.05) is 5.02 Å². The van der Waals surface area contributed by atoms with Gasteiger partial charge in [0.15, 0.2) is 9.84 Å². The molecule has 0 spiro atoms. The minimum atomic E-state index is -3.73. The normalized spacial score (nSPS) is 10.6. The zero-order valence-corrected chi connectivity index (χ0v) is 11.6. The van der Waals surface area contributed by atoms with E-state index in [-0.39, 0.29) is 5.69 Å². The van der Waals surface area contributed by atoms with Gasteiger partial charge in [-0.15, -0.1) is 0 Å². The lowest BCUT2D eigenvalue weighted by molar-refractivity contribution is -0.113. The number of ether oxygens (including phenoxy) is 1. The van der Waals surface area contributed by atoms with Crippen LogP contribution in [0.15, 0.2) is 18.2 Å². The first-order chi connectivity index (χ1) is 8.88. The zero-order valence-electron chi connectivity index (χ0n) is 10.0. The molecule has 0 aromatic heterocycles. The fraction of sp³-hybridized carbons (Fsp3) is 0.273. The van der Waals surface area contributed by atoms with Crippen LogP contribution in [0.25, 0.3) is 0 Å². The molecule has 1 aromatic rings. The summed E-state index contributed by atoms with van der Waals surface area (Å²) in [5.41, 5.74) is 0.271. The predicted molar refractivity (Wildman–Crippen MR) is 70.9 cm³/mol. The van der Waals surface area contributed by atoms with Crippen molar-refractivity contribution in [2.75, 3.05) is 23.9 Å². The topological polar surface area (TPSA) is 96.3 Å². The van der Waals surface area contributed by atoms with Crippen LogP contribution in [-0.2, 0) is 14.6 Å². The first-order valence-electron chi connectivity index (χ1n) is 5.08. The van der Waals surface area contributed by atoms with E-state index >= 15 is 0 Å². The molecule has 0 aliphatic rings. The van der Waals surface area contributed by atoms with Gasteiger partial charge in [-0.1, -0.05) is 11.6 Å². The molecule has 0 fully saturated rings. The monoisotopic (exact) mass is 302 g/mol. The summed E-state index contributed by atoms with van der Waals surface area (Å²) >= 11 is 5.77. The summed E-state index contributed by atoms with van der Waals surface area (Å²) in [4.78, 5) is 11.6. The van der Waals surface area contributed by atoms with Crippen molar-refractivity contribution in [3.8, 4) is 11.8 Å². The van der Waals surface area contributed by atoms with Gasteiger partial charge in [0.05, 0.1) is 18.9 Å². The fourth-order valence-electron chi connectivity index (χ4n) is 1.31. The molecule has 0 aliphatic carbocycles. The maximum absolute atomic E-state index is 11.6. The molecule has 0 bridgehead atoms. The molecule has 0 heterocycles. The maximum Gasteiger partial charge on any atom is 0.239 e. The van der Waals surface area contributed by atoms with Gasteiger partial charge in [0.1, 0.15) is 17.3 Å². The number of rotatable bonds is 5. The van der Waals surface area contributed by atoms with Crippen molar-refractivity contribution in [2.24, 2.45) is 0 Å². The second-order valence-corrected chi connectivity index (χ2v) is 6.08. The smallest absolute Gasteiger partial charge is 0.239 e. The number of hydrogen-bond donors (Lipinski definition) is 1. The van der Waals surface area contributed by atoms with E-state index in [9.17, 15) is 13.2 Å². The van der Waals surface area contributed by atoms with E-state index in [1.165, 1.54) is 19.2 Å². The number of benzene rings is 1. The van der Waals surface area contributed by atoms with Crippen LogP contribution in [0, 0.1) is 11.3 Å². The van der Waals surface area contributed by atoms with Crippen molar-refractivity contribution in [1.82, 2.24) is 0 Å². The summed E-state index contributed by atoms with van der Waals surface area (Å²) in [6, 6.07) is 6.05. The molecular formula is C11H11ClN2O4S. The van der Waals surface area contributed by atoms with Crippen LogP contribution in [0.2, 0.25) is 5.02 Å². The predicted octanol–water partition coefficient (Wildman–Crippen LogP) is 1.23. The molecule has 6 nitrogen and oxygen atoms in total. The standard InChI is InChI=1S/C11H11ClN2O4S/c1-18-10-3-2-8(12)6-9(10)14-11(15)7-19(16,17)5-4-13/h2-3,6H,5,7H2,1H3,(H,14,15). The minimum absolute atomic E-state index is 0.271. The fourth-order valence-corrected chi connectivity index (χ4v) is 2.26. The molecule has 102 valence electrons. The maximum atomic E-state index is 11.6. The Morgan fingerprint density at radius 1 is 1.53 bits per heavy atom. The first kappa shape index (κ1) is 15.3. The number of halogens is 1. The van der Waals surface area contributed by atoms with Crippen LogP contribution in [-0.4, -0.2) is 32.9 Å². The molecule has 0 atom stereocenters. The van der Waals surface area contributed by atoms with Crippen LogP contribution in [0.3, 0.4) is 0 Å². The molecule has 1 aromatic carbocycles. The summed E-state index contributed by atoms with van der Waals surface area (Å²) in [5.74, 6) is -1.87. The highest BCUT2D eigenvalue weighted by Gasteiger charge is 2.17. The van der Waals surface area contributed by atoms with Crippen LogP contribution in [0.5, 0.6) is 5.75 Å². The lowest BCUT2D eigenvalue weighted by atomic mass is 10.3. The number of nitrogens with one attached hydrogen (secondary N) is 1. The number of carbonyl (C=O) groups excluding carboxylic acids is 1. The summed E-state index contributed by atoms with van der Waals surface area (Å²) in [6.45, 7) is 0. The van der Waals surface area contributed by atoms with E-state index in [4.69, 9.17) is 21.6 Å². The molecule has 1 N–H and O–H groups in total. The van der Waals surface area contributed by atoms with E-state index in [0.717, 1.165) is 0 Å². The van der Waals surface area contributed by atoms with Gasteiger partial charge >= 0.3 is 0 Å². The highest BCUT2D eigenvalue weighted by Crippen LogP contribution is 2.27. The van der Waals surface area contributed by atoms with Gasteiger partial charge in [-0.25, -0.2) is 8.42 Å². The number of nitriles is 1. The summed E-state index contributed by atoms with van der Waals surface area (Å²) < 4.78 is 27.6. The van der Waals surface area contributed by atoms with Gasteiger partial charge in [0.2, 0.25) is 5.91 Å². The molecule has 0 saturated carbocycles. The molecule has 0 radical (unpaired) electrons. The lowest BCUT2D eigenvalue weighted by Crippen LogP contribution is -2.24. The molecule has 19 heavy (non-hydrogen) atoms. The molecule has 1 rings (SSSR count). The largest absolute Gasteiger partial charge is 0.495 e. The third kappa shape index (κ3) is 4.77. The second kappa shape index (κ2) is 6.41. The van der Waals surface area contributed by atoms with Crippen molar-refractivity contribution < 1.29 is 17.9 Å². The summed E-state index contributed by atoms with van der Waals surface area (Å²) in [5, 5.41) is 11.1. The Morgan fingerprint density at radius 3 is 2.79 bits per heavy atom. The van der Waals surface area contributed by atoms with Gasteiger partial charge < -0.3 is 10.1 Å². The Hall–Kier alpha value is -1.78. The Balaban J connectivity index is 2.83. The number of amides is 1. The number of methoxy groups -OCH3 is 1.